The molecule has 0 aromatic carbocycles. The fourth-order valence-electron chi connectivity index (χ4n) is 4.55. The predicted octanol–water partition coefficient (Wildman–Crippen LogP) is 3.39. The number of hydrogen-bond acceptors (Lipinski definition) is 6. The van der Waals surface area contributed by atoms with Crippen molar-refractivity contribution < 1.29 is 9.32 Å². The van der Waals surface area contributed by atoms with Crippen molar-refractivity contribution in [1.82, 2.24) is 25.0 Å². The van der Waals surface area contributed by atoms with E-state index in [2.05, 4.69) is 25.0 Å². The summed E-state index contributed by atoms with van der Waals surface area (Å²) in [6.45, 7) is 1.96. The average molecular weight is 375 g/mol. The van der Waals surface area contributed by atoms with Crippen LogP contribution in [0.25, 0.3) is 11.4 Å². The van der Waals surface area contributed by atoms with Crippen LogP contribution in [0.3, 0.4) is 0 Å². The summed E-state index contributed by atoms with van der Waals surface area (Å²) in [7, 11) is 0. The highest BCUT2D eigenvalue weighted by atomic mass is 16.5. The lowest BCUT2D eigenvalue weighted by atomic mass is 9.90. The molecule has 0 saturated carbocycles. The third kappa shape index (κ3) is 2.96. The first-order valence-corrected chi connectivity index (χ1v) is 9.67. The van der Waals surface area contributed by atoms with Gasteiger partial charge in [-0.3, -0.25) is 14.8 Å². The number of fused-ring (bicyclic) bond motifs is 2. The normalized spacial score (nSPS) is 23.8. The number of piperidine rings is 1. The summed E-state index contributed by atoms with van der Waals surface area (Å²) >= 11 is 0. The van der Waals surface area contributed by atoms with Gasteiger partial charge in [0.15, 0.2) is 0 Å². The van der Waals surface area contributed by atoms with Gasteiger partial charge in [-0.25, -0.2) is 0 Å². The zero-order valence-electron chi connectivity index (χ0n) is 15.7. The first-order chi connectivity index (χ1) is 13.7. The molecule has 5 heterocycles. The van der Waals surface area contributed by atoms with Gasteiger partial charge in [-0.2, -0.15) is 4.98 Å². The zero-order chi connectivity index (χ0) is 19.1. The molecule has 7 heteroatoms. The molecule has 7 nitrogen and oxygen atoms in total. The van der Waals surface area contributed by atoms with E-state index in [9.17, 15) is 4.79 Å². The van der Waals surface area contributed by atoms with Crippen LogP contribution in [0.2, 0.25) is 0 Å². The van der Waals surface area contributed by atoms with Gasteiger partial charge in [-0.15, -0.1) is 0 Å². The Kier molecular flexibility index (Phi) is 4.15. The monoisotopic (exact) mass is 375 g/mol. The molecule has 0 spiro atoms. The van der Waals surface area contributed by atoms with Gasteiger partial charge in [0, 0.05) is 48.4 Å². The third-order valence-electron chi connectivity index (χ3n) is 5.82. The summed E-state index contributed by atoms with van der Waals surface area (Å²) in [5.41, 5.74) is 2.57. The number of hydrogen-bond donors (Lipinski definition) is 0. The van der Waals surface area contributed by atoms with Gasteiger partial charge >= 0.3 is 0 Å². The summed E-state index contributed by atoms with van der Waals surface area (Å²) in [4.78, 5) is 28.0. The first-order valence-electron chi connectivity index (χ1n) is 9.67. The molecule has 28 heavy (non-hydrogen) atoms. The Hall–Kier alpha value is -3.09. The SMILES string of the molecule is Cc1cncc(C(=O)N2[C@@H]3CC[C@H]2CC(c2nc(-c4ccncc4)no2)C3)c1. The van der Waals surface area contributed by atoms with Gasteiger partial charge < -0.3 is 9.42 Å². The smallest absolute Gasteiger partial charge is 0.255 e. The van der Waals surface area contributed by atoms with E-state index in [1.807, 2.05) is 25.1 Å². The molecule has 3 aromatic rings. The van der Waals surface area contributed by atoms with Gasteiger partial charge in [0.2, 0.25) is 11.7 Å². The van der Waals surface area contributed by atoms with Crippen LogP contribution in [0.1, 0.15) is 53.4 Å². The van der Waals surface area contributed by atoms with Gasteiger partial charge in [-0.1, -0.05) is 5.16 Å². The van der Waals surface area contributed by atoms with E-state index in [0.29, 0.717) is 17.3 Å². The summed E-state index contributed by atoms with van der Waals surface area (Å²) in [6, 6.07) is 6.09. The van der Waals surface area contributed by atoms with Crippen molar-refractivity contribution in [2.24, 2.45) is 0 Å². The highest BCUT2D eigenvalue weighted by Crippen LogP contribution is 2.43. The number of aromatic nitrogens is 4. The quantitative estimate of drug-likeness (QED) is 0.698. The van der Waals surface area contributed by atoms with E-state index >= 15 is 0 Å². The number of nitrogens with zero attached hydrogens (tertiary/aromatic N) is 5. The van der Waals surface area contributed by atoms with E-state index in [1.54, 1.807) is 24.8 Å². The molecule has 2 aliphatic rings. The van der Waals surface area contributed by atoms with Crippen LogP contribution < -0.4 is 0 Å². The van der Waals surface area contributed by atoms with Crippen molar-refractivity contribution in [3.63, 3.8) is 0 Å². The molecule has 2 saturated heterocycles. The van der Waals surface area contributed by atoms with Crippen LogP contribution in [0.15, 0.2) is 47.5 Å². The van der Waals surface area contributed by atoms with E-state index < -0.39 is 0 Å². The molecule has 2 fully saturated rings. The molecule has 1 unspecified atom stereocenters. The van der Waals surface area contributed by atoms with Crippen LogP contribution in [0.4, 0.5) is 0 Å². The van der Waals surface area contributed by atoms with Crippen LogP contribution in [0.5, 0.6) is 0 Å². The zero-order valence-corrected chi connectivity index (χ0v) is 15.7. The molecule has 1 amide bonds. The van der Waals surface area contributed by atoms with Gasteiger partial charge in [-0.05, 0) is 56.4 Å². The standard InChI is InChI=1S/C21H21N5O2/c1-13-8-16(12-23-11-13)21(27)26-17-2-3-18(26)10-15(9-17)20-24-19(25-28-20)14-4-6-22-7-5-14/h4-8,11-12,15,17-18H,2-3,9-10H2,1H3/t15?,17-,18+. The number of aryl methyl sites for hydroxylation is 1. The van der Waals surface area contributed by atoms with Crippen molar-refractivity contribution in [3.8, 4) is 11.4 Å². The second kappa shape index (κ2) is 6.82. The maximum absolute atomic E-state index is 13.1. The Morgan fingerprint density at radius 3 is 2.57 bits per heavy atom. The molecule has 0 radical (unpaired) electrons. The average Bonchev–Trinajstić information content (AvgIpc) is 3.31. The van der Waals surface area contributed by atoms with Gasteiger partial charge in [0.25, 0.3) is 5.91 Å². The highest BCUT2D eigenvalue weighted by molar-refractivity contribution is 5.94. The van der Waals surface area contributed by atoms with Crippen LogP contribution in [0, 0.1) is 6.92 Å². The Balaban J connectivity index is 1.35. The molecular formula is C21H21N5O2. The van der Waals surface area contributed by atoms with Crippen molar-refractivity contribution >= 4 is 5.91 Å². The van der Waals surface area contributed by atoms with Crippen LogP contribution in [-0.4, -0.2) is 43.0 Å². The fraction of sp³-hybridized carbons (Fsp3) is 0.381. The minimum absolute atomic E-state index is 0.0881. The molecule has 0 aliphatic carbocycles. The number of carbonyl (C=O) groups is 1. The second-order valence-electron chi connectivity index (χ2n) is 7.71. The van der Waals surface area contributed by atoms with Crippen molar-refractivity contribution in [2.45, 2.75) is 50.6 Å². The maximum Gasteiger partial charge on any atom is 0.255 e. The number of carbonyl (C=O) groups excluding carboxylic acids is 1. The number of amides is 1. The molecule has 142 valence electrons. The van der Waals surface area contributed by atoms with E-state index in [-0.39, 0.29) is 23.9 Å². The summed E-state index contributed by atoms with van der Waals surface area (Å²) in [5, 5.41) is 4.14. The lowest BCUT2D eigenvalue weighted by Gasteiger charge is -2.37. The van der Waals surface area contributed by atoms with Crippen molar-refractivity contribution in [2.75, 3.05) is 0 Å². The Morgan fingerprint density at radius 1 is 1.11 bits per heavy atom. The van der Waals surface area contributed by atoms with Gasteiger partial charge in [0.05, 0.1) is 5.56 Å². The molecular weight excluding hydrogens is 354 g/mol. The number of rotatable bonds is 3. The first kappa shape index (κ1) is 17.0. The molecule has 5 rings (SSSR count). The van der Waals surface area contributed by atoms with Crippen LogP contribution >= 0.6 is 0 Å². The lowest BCUT2D eigenvalue weighted by Crippen LogP contribution is -2.46. The molecule has 2 aliphatic heterocycles. The van der Waals surface area contributed by atoms with E-state index in [1.165, 1.54) is 0 Å². The summed E-state index contributed by atoms with van der Waals surface area (Å²) in [5.74, 6) is 1.55. The molecule has 0 N–H and O–H groups in total. The third-order valence-corrected chi connectivity index (χ3v) is 5.82. The minimum atomic E-state index is 0.0881. The Morgan fingerprint density at radius 2 is 1.86 bits per heavy atom. The Bertz CT molecular complexity index is 989. The predicted molar refractivity (Wildman–Crippen MR) is 101 cm³/mol. The topological polar surface area (TPSA) is 85.0 Å². The minimum Gasteiger partial charge on any atom is -0.339 e. The van der Waals surface area contributed by atoms with E-state index in [4.69, 9.17) is 4.52 Å². The van der Waals surface area contributed by atoms with E-state index in [0.717, 1.165) is 36.8 Å². The summed E-state index contributed by atoms with van der Waals surface area (Å²) < 4.78 is 5.58. The second-order valence-corrected chi connectivity index (χ2v) is 7.71. The number of pyridine rings is 2. The highest BCUT2D eigenvalue weighted by Gasteiger charge is 2.45. The Labute approximate surface area is 162 Å². The van der Waals surface area contributed by atoms with Gasteiger partial charge in [0.1, 0.15) is 0 Å². The fourth-order valence-corrected chi connectivity index (χ4v) is 4.55. The van der Waals surface area contributed by atoms with Crippen LogP contribution in [-0.2, 0) is 0 Å². The maximum atomic E-state index is 13.1. The summed E-state index contributed by atoms with van der Waals surface area (Å²) in [6.07, 6.45) is 10.6. The molecule has 3 atom stereocenters. The largest absolute Gasteiger partial charge is 0.339 e. The molecule has 3 aromatic heterocycles. The van der Waals surface area contributed by atoms with Crippen molar-refractivity contribution in [1.29, 1.82) is 0 Å². The lowest BCUT2D eigenvalue weighted by molar-refractivity contribution is 0.0554. The van der Waals surface area contributed by atoms with Crippen molar-refractivity contribution in [3.05, 3.63) is 60.0 Å². The molecule has 2 bridgehead atoms.